The second kappa shape index (κ2) is 11.0. The maximum absolute atomic E-state index is 12.5. The molecule has 0 bridgehead atoms. The number of unbranched alkanes of at least 4 members (excludes halogenated alkanes) is 4. The molecule has 9 heteroatoms. The third-order valence-electron chi connectivity index (χ3n) is 3.20. The predicted octanol–water partition coefficient (Wildman–Crippen LogP) is 5.92. The van der Waals surface area contributed by atoms with Crippen LogP contribution in [0.3, 0.4) is 0 Å². The minimum absolute atomic E-state index is 0.110. The summed E-state index contributed by atoms with van der Waals surface area (Å²) in [5.74, 6) is 0. The molecule has 0 heterocycles. The van der Waals surface area contributed by atoms with Crippen molar-refractivity contribution >= 4 is 0 Å². The molecule has 2 unspecified atom stereocenters. The van der Waals surface area contributed by atoms with Crippen LogP contribution >= 0.6 is 0 Å². The molecule has 0 radical (unpaired) electrons. The molecule has 0 aliphatic rings. The van der Waals surface area contributed by atoms with Crippen LogP contribution in [0.1, 0.15) is 51.4 Å². The van der Waals surface area contributed by atoms with Crippen LogP contribution in [0.5, 0.6) is 0 Å². The Kier molecular flexibility index (Phi) is 10.8. The van der Waals surface area contributed by atoms with Crippen molar-refractivity contribution in [1.29, 1.82) is 0 Å². The van der Waals surface area contributed by atoms with Crippen LogP contribution in [0.25, 0.3) is 0 Å². The summed E-state index contributed by atoms with van der Waals surface area (Å²) in [6.07, 6.45) is -14.3. The predicted molar refractivity (Wildman–Crippen MR) is 69.7 cm³/mol. The van der Waals surface area contributed by atoms with Gasteiger partial charge in [0.05, 0.1) is 0 Å². The standard InChI is InChI=1S/C14H22F8O/c15-11(13(17,18)19)7-3-1-5-9-23-10-6-2-4-8-12(16)14(20,21)22/h11-12H,1-10H2. The molecule has 23 heavy (non-hydrogen) atoms. The van der Waals surface area contributed by atoms with Gasteiger partial charge in [-0.05, 0) is 25.7 Å². The molecule has 0 aliphatic carbocycles. The molecule has 0 aromatic carbocycles. The van der Waals surface area contributed by atoms with Crippen molar-refractivity contribution in [2.75, 3.05) is 13.2 Å². The minimum Gasteiger partial charge on any atom is -0.381 e. The lowest BCUT2D eigenvalue weighted by molar-refractivity contribution is -0.182. The smallest absolute Gasteiger partial charge is 0.381 e. The third-order valence-corrected chi connectivity index (χ3v) is 3.20. The first-order valence-corrected chi connectivity index (χ1v) is 7.54. The lowest BCUT2D eigenvalue weighted by Crippen LogP contribution is -2.24. The highest BCUT2D eigenvalue weighted by molar-refractivity contribution is 4.66. The van der Waals surface area contributed by atoms with Crippen molar-refractivity contribution in [3.8, 4) is 0 Å². The zero-order valence-corrected chi connectivity index (χ0v) is 12.7. The van der Waals surface area contributed by atoms with Gasteiger partial charge in [0.2, 0.25) is 0 Å². The average Bonchev–Trinajstić information content (AvgIpc) is 2.42. The molecule has 0 aromatic rings. The zero-order valence-electron chi connectivity index (χ0n) is 12.7. The molecule has 0 aromatic heterocycles. The molecule has 0 spiro atoms. The van der Waals surface area contributed by atoms with Crippen molar-refractivity contribution < 1.29 is 39.9 Å². The summed E-state index contributed by atoms with van der Waals surface area (Å²) < 4.78 is 101. The zero-order chi connectivity index (χ0) is 17.9. The van der Waals surface area contributed by atoms with Gasteiger partial charge in [0.1, 0.15) is 0 Å². The van der Waals surface area contributed by atoms with Gasteiger partial charge < -0.3 is 4.74 Å². The van der Waals surface area contributed by atoms with Crippen molar-refractivity contribution in [3.05, 3.63) is 0 Å². The monoisotopic (exact) mass is 358 g/mol. The Balaban J connectivity index is 3.32. The van der Waals surface area contributed by atoms with Crippen LogP contribution in [0.15, 0.2) is 0 Å². The van der Waals surface area contributed by atoms with Gasteiger partial charge in [0, 0.05) is 13.2 Å². The summed E-state index contributed by atoms with van der Waals surface area (Å²) in [6, 6.07) is 0. The third kappa shape index (κ3) is 12.5. The van der Waals surface area contributed by atoms with Gasteiger partial charge in [-0.1, -0.05) is 25.7 Å². The molecule has 0 rings (SSSR count). The van der Waals surface area contributed by atoms with E-state index < -0.39 is 37.5 Å². The first kappa shape index (κ1) is 22.4. The highest BCUT2D eigenvalue weighted by atomic mass is 19.4. The maximum Gasteiger partial charge on any atom is 0.419 e. The summed E-state index contributed by atoms with van der Waals surface area (Å²) in [7, 11) is 0. The fourth-order valence-electron chi connectivity index (χ4n) is 1.84. The Labute approximate surface area is 130 Å². The molecule has 0 fully saturated rings. The summed E-state index contributed by atoms with van der Waals surface area (Å²) in [4.78, 5) is 0. The highest BCUT2D eigenvalue weighted by Gasteiger charge is 2.39. The molecule has 0 saturated carbocycles. The fraction of sp³-hybridized carbons (Fsp3) is 1.00. The topological polar surface area (TPSA) is 9.23 Å². The number of alkyl halides is 8. The lowest BCUT2D eigenvalue weighted by atomic mass is 10.1. The van der Waals surface area contributed by atoms with Crippen LogP contribution in [0.2, 0.25) is 0 Å². The Bertz CT molecular complexity index is 261. The Morgan fingerprint density at radius 3 is 1.22 bits per heavy atom. The Morgan fingerprint density at radius 1 is 0.565 bits per heavy atom. The molecule has 2 atom stereocenters. The lowest BCUT2D eigenvalue weighted by Gasteiger charge is -2.12. The normalized spacial score (nSPS) is 15.7. The van der Waals surface area contributed by atoms with E-state index in [0.717, 1.165) is 0 Å². The Morgan fingerprint density at radius 2 is 0.913 bits per heavy atom. The van der Waals surface area contributed by atoms with Crippen LogP contribution in [0, 0.1) is 0 Å². The fourth-order valence-corrected chi connectivity index (χ4v) is 1.84. The van der Waals surface area contributed by atoms with Crippen molar-refractivity contribution in [3.63, 3.8) is 0 Å². The average molecular weight is 358 g/mol. The van der Waals surface area contributed by atoms with Crippen LogP contribution in [-0.2, 0) is 4.74 Å². The number of rotatable bonds is 12. The first-order valence-electron chi connectivity index (χ1n) is 7.54. The van der Waals surface area contributed by atoms with Crippen LogP contribution < -0.4 is 0 Å². The van der Waals surface area contributed by atoms with E-state index >= 15 is 0 Å². The summed E-state index contributed by atoms with van der Waals surface area (Å²) >= 11 is 0. The molecular weight excluding hydrogens is 336 g/mol. The van der Waals surface area contributed by atoms with E-state index in [9.17, 15) is 35.1 Å². The molecule has 0 saturated heterocycles. The van der Waals surface area contributed by atoms with Gasteiger partial charge in [-0.15, -0.1) is 0 Å². The number of halogens is 8. The first-order chi connectivity index (χ1) is 10.5. The van der Waals surface area contributed by atoms with E-state index in [1.807, 2.05) is 0 Å². The molecule has 0 amide bonds. The molecule has 140 valence electrons. The molecule has 0 N–H and O–H groups in total. The maximum atomic E-state index is 12.5. The number of hydrogen-bond donors (Lipinski definition) is 0. The minimum atomic E-state index is -4.80. The van der Waals surface area contributed by atoms with Gasteiger partial charge in [-0.3, -0.25) is 0 Å². The number of hydrogen-bond acceptors (Lipinski definition) is 1. The molecule has 0 aliphatic heterocycles. The van der Waals surface area contributed by atoms with Crippen molar-refractivity contribution in [2.45, 2.75) is 76.1 Å². The molecule has 1 nitrogen and oxygen atoms in total. The van der Waals surface area contributed by atoms with Crippen molar-refractivity contribution in [1.82, 2.24) is 0 Å². The second-order valence-electron chi connectivity index (χ2n) is 5.33. The second-order valence-corrected chi connectivity index (χ2v) is 5.33. The van der Waals surface area contributed by atoms with Crippen LogP contribution in [-0.4, -0.2) is 37.9 Å². The number of ether oxygens (including phenoxy) is 1. The van der Waals surface area contributed by atoms with Gasteiger partial charge in [0.25, 0.3) is 0 Å². The van der Waals surface area contributed by atoms with E-state index in [1.165, 1.54) is 0 Å². The highest BCUT2D eigenvalue weighted by Crippen LogP contribution is 2.27. The summed E-state index contributed by atoms with van der Waals surface area (Å²) in [5.41, 5.74) is 0. The SMILES string of the molecule is FC(CCCCCOCCCCCC(F)C(F)(F)F)C(F)(F)F. The largest absolute Gasteiger partial charge is 0.419 e. The van der Waals surface area contributed by atoms with Gasteiger partial charge >= 0.3 is 12.4 Å². The van der Waals surface area contributed by atoms with E-state index in [-0.39, 0.29) is 12.8 Å². The van der Waals surface area contributed by atoms with E-state index in [1.54, 1.807) is 0 Å². The molecular formula is C14H22F8O. The summed E-state index contributed by atoms with van der Waals surface area (Å²) in [6.45, 7) is 0.606. The summed E-state index contributed by atoms with van der Waals surface area (Å²) in [5, 5.41) is 0. The van der Waals surface area contributed by atoms with Gasteiger partial charge in [0.15, 0.2) is 12.3 Å². The van der Waals surface area contributed by atoms with Crippen LogP contribution in [0.4, 0.5) is 35.1 Å². The van der Waals surface area contributed by atoms with Gasteiger partial charge in [-0.2, -0.15) is 26.3 Å². The Hall–Kier alpha value is -0.600. The van der Waals surface area contributed by atoms with E-state index in [0.29, 0.717) is 38.9 Å². The quantitative estimate of drug-likeness (QED) is 0.311. The van der Waals surface area contributed by atoms with Crippen molar-refractivity contribution in [2.24, 2.45) is 0 Å². The van der Waals surface area contributed by atoms with Gasteiger partial charge in [-0.25, -0.2) is 8.78 Å². The van der Waals surface area contributed by atoms with E-state index in [4.69, 9.17) is 4.74 Å². The van der Waals surface area contributed by atoms with E-state index in [2.05, 4.69) is 0 Å².